The SMILES string of the molecule is COC(=O)c1ccc(CN2CCCN(C(=O)c3ccc(OC(F)(F)F)c(Cl)c3)CC2)o1. The first-order chi connectivity index (χ1) is 14.7. The maximum absolute atomic E-state index is 12.8. The zero-order valence-corrected chi connectivity index (χ0v) is 17.3. The van der Waals surface area contributed by atoms with Crippen LogP contribution >= 0.6 is 11.6 Å². The van der Waals surface area contributed by atoms with Crippen molar-refractivity contribution in [3.63, 3.8) is 0 Å². The summed E-state index contributed by atoms with van der Waals surface area (Å²) in [5.74, 6) is -0.707. The monoisotopic (exact) mass is 460 g/mol. The Morgan fingerprint density at radius 2 is 1.90 bits per heavy atom. The van der Waals surface area contributed by atoms with Crippen molar-refractivity contribution in [3.05, 3.63) is 52.4 Å². The van der Waals surface area contributed by atoms with E-state index in [4.69, 9.17) is 16.0 Å². The highest BCUT2D eigenvalue weighted by atomic mass is 35.5. The van der Waals surface area contributed by atoms with Gasteiger partial charge in [0.1, 0.15) is 11.5 Å². The summed E-state index contributed by atoms with van der Waals surface area (Å²) in [6.07, 6.45) is -4.17. The van der Waals surface area contributed by atoms with Gasteiger partial charge in [0, 0.05) is 31.7 Å². The minimum absolute atomic E-state index is 0.124. The minimum atomic E-state index is -4.87. The maximum Gasteiger partial charge on any atom is 0.573 e. The van der Waals surface area contributed by atoms with Gasteiger partial charge in [-0.15, -0.1) is 13.2 Å². The topological polar surface area (TPSA) is 72.2 Å². The van der Waals surface area contributed by atoms with E-state index in [-0.39, 0.29) is 22.3 Å². The van der Waals surface area contributed by atoms with E-state index < -0.39 is 18.1 Å². The van der Waals surface area contributed by atoms with Crippen LogP contribution in [0.1, 0.15) is 33.1 Å². The van der Waals surface area contributed by atoms with E-state index in [1.807, 2.05) is 0 Å². The van der Waals surface area contributed by atoms with Gasteiger partial charge in [0.05, 0.1) is 18.7 Å². The van der Waals surface area contributed by atoms with Crippen LogP contribution in [0.3, 0.4) is 0 Å². The van der Waals surface area contributed by atoms with Crippen LogP contribution in [-0.2, 0) is 11.3 Å². The number of alkyl halides is 3. The Balaban J connectivity index is 1.60. The van der Waals surface area contributed by atoms with Crippen LogP contribution in [0.5, 0.6) is 5.75 Å². The molecule has 0 atom stereocenters. The highest BCUT2D eigenvalue weighted by Gasteiger charge is 2.32. The predicted molar refractivity (Wildman–Crippen MR) is 104 cm³/mol. The second-order valence-corrected chi connectivity index (χ2v) is 7.28. The lowest BCUT2D eigenvalue weighted by Crippen LogP contribution is -2.35. The first-order valence-corrected chi connectivity index (χ1v) is 9.78. The Hall–Kier alpha value is -2.72. The molecule has 1 aliphatic rings. The summed E-state index contributed by atoms with van der Waals surface area (Å²) in [5.41, 5.74) is 0.182. The molecular formula is C20H20ClF3N2O5. The molecule has 2 aromatic rings. The third-order valence-electron chi connectivity index (χ3n) is 4.71. The Morgan fingerprint density at radius 1 is 1.13 bits per heavy atom. The largest absolute Gasteiger partial charge is 0.573 e. The zero-order chi connectivity index (χ0) is 22.6. The Kier molecular flexibility index (Phi) is 7.11. The molecule has 0 unspecified atom stereocenters. The van der Waals surface area contributed by atoms with E-state index in [9.17, 15) is 22.8 Å². The molecule has 11 heteroatoms. The minimum Gasteiger partial charge on any atom is -0.463 e. The van der Waals surface area contributed by atoms with Crippen LogP contribution in [0.25, 0.3) is 0 Å². The number of methoxy groups -OCH3 is 1. The molecule has 0 radical (unpaired) electrons. The number of benzene rings is 1. The number of carbonyl (C=O) groups is 2. The van der Waals surface area contributed by atoms with E-state index >= 15 is 0 Å². The Morgan fingerprint density at radius 3 is 2.58 bits per heavy atom. The number of esters is 1. The summed E-state index contributed by atoms with van der Waals surface area (Å²) >= 11 is 5.85. The second-order valence-electron chi connectivity index (χ2n) is 6.87. The van der Waals surface area contributed by atoms with Crippen LogP contribution in [0.4, 0.5) is 13.2 Å². The van der Waals surface area contributed by atoms with Crippen LogP contribution < -0.4 is 4.74 Å². The van der Waals surface area contributed by atoms with E-state index in [2.05, 4.69) is 14.4 Å². The fourth-order valence-electron chi connectivity index (χ4n) is 3.25. The van der Waals surface area contributed by atoms with Gasteiger partial charge in [-0.2, -0.15) is 0 Å². The van der Waals surface area contributed by atoms with Gasteiger partial charge in [-0.25, -0.2) is 4.79 Å². The Bertz CT molecular complexity index is 947. The number of hydrogen-bond donors (Lipinski definition) is 0. The van der Waals surface area contributed by atoms with Gasteiger partial charge >= 0.3 is 12.3 Å². The van der Waals surface area contributed by atoms with E-state index in [1.165, 1.54) is 19.2 Å². The molecule has 1 fully saturated rings. The molecule has 0 aliphatic carbocycles. The quantitative estimate of drug-likeness (QED) is 0.629. The van der Waals surface area contributed by atoms with Crippen molar-refractivity contribution >= 4 is 23.5 Å². The third kappa shape index (κ3) is 6.14. The second kappa shape index (κ2) is 9.61. The molecule has 0 bridgehead atoms. The summed E-state index contributed by atoms with van der Waals surface area (Å²) in [5, 5.41) is -0.293. The van der Waals surface area contributed by atoms with Gasteiger partial charge in [-0.05, 0) is 36.8 Å². The molecule has 1 aromatic heterocycles. The van der Waals surface area contributed by atoms with Crippen molar-refractivity contribution in [1.82, 2.24) is 9.80 Å². The molecule has 1 aliphatic heterocycles. The molecular weight excluding hydrogens is 441 g/mol. The first-order valence-electron chi connectivity index (χ1n) is 9.40. The maximum atomic E-state index is 12.8. The lowest BCUT2D eigenvalue weighted by molar-refractivity contribution is -0.274. The Labute approximate surface area is 181 Å². The lowest BCUT2D eigenvalue weighted by Gasteiger charge is -2.22. The summed E-state index contributed by atoms with van der Waals surface area (Å²) in [6, 6.07) is 6.71. The van der Waals surface area contributed by atoms with Crippen LogP contribution in [0.2, 0.25) is 5.02 Å². The van der Waals surface area contributed by atoms with E-state index in [0.717, 1.165) is 6.07 Å². The van der Waals surface area contributed by atoms with Crippen LogP contribution in [-0.4, -0.2) is 61.3 Å². The molecule has 31 heavy (non-hydrogen) atoms. The van der Waals surface area contributed by atoms with Gasteiger partial charge in [0.2, 0.25) is 5.76 Å². The van der Waals surface area contributed by atoms with E-state index in [0.29, 0.717) is 44.9 Å². The van der Waals surface area contributed by atoms with Gasteiger partial charge in [0.25, 0.3) is 5.91 Å². The zero-order valence-electron chi connectivity index (χ0n) is 16.6. The average Bonchev–Trinajstić information content (AvgIpc) is 3.05. The molecule has 2 heterocycles. The van der Waals surface area contributed by atoms with Gasteiger partial charge in [-0.3, -0.25) is 9.69 Å². The number of ether oxygens (including phenoxy) is 2. The van der Waals surface area contributed by atoms with Gasteiger partial charge in [-0.1, -0.05) is 11.6 Å². The highest BCUT2D eigenvalue weighted by Crippen LogP contribution is 2.31. The lowest BCUT2D eigenvalue weighted by atomic mass is 10.2. The molecule has 0 N–H and O–H groups in total. The molecule has 0 saturated carbocycles. The number of hydrogen-bond acceptors (Lipinski definition) is 6. The molecule has 0 spiro atoms. The number of carbonyl (C=O) groups excluding carboxylic acids is 2. The van der Waals surface area contributed by atoms with Crippen LogP contribution in [0.15, 0.2) is 34.7 Å². The van der Waals surface area contributed by atoms with E-state index in [1.54, 1.807) is 17.0 Å². The third-order valence-corrected chi connectivity index (χ3v) is 5.00. The summed E-state index contributed by atoms with van der Waals surface area (Å²) in [6.45, 7) is 2.63. The van der Waals surface area contributed by atoms with Crippen molar-refractivity contribution in [2.75, 3.05) is 33.3 Å². The fourth-order valence-corrected chi connectivity index (χ4v) is 3.47. The first kappa shape index (κ1) is 23.0. The van der Waals surface area contributed by atoms with Gasteiger partial charge in [0.15, 0.2) is 0 Å². The van der Waals surface area contributed by atoms with Crippen LogP contribution in [0, 0.1) is 0 Å². The molecule has 1 aromatic carbocycles. The summed E-state index contributed by atoms with van der Waals surface area (Å²) in [4.78, 5) is 28.0. The highest BCUT2D eigenvalue weighted by molar-refractivity contribution is 6.32. The number of rotatable bonds is 5. The normalized spacial score (nSPS) is 15.5. The molecule has 1 amide bonds. The summed E-state index contributed by atoms with van der Waals surface area (Å²) in [7, 11) is 1.27. The molecule has 7 nitrogen and oxygen atoms in total. The molecule has 168 valence electrons. The molecule has 1 saturated heterocycles. The van der Waals surface area contributed by atoms with Crippen molar-refractivity contribution in [3.8, 4) is 5.75 Å². The number of halogens is 4. The standard InChI is InChI=1S/C20H20ClF3N2O5/c1-29-19(28)17-6-4-14(30-17)12-25-7-2-8-26(10-9-25)18(27)13-3-5-16(15(21)11-13)31-20(22,23)24/h3-6,11H,2,7-10,12H2,1H3. The number of nitrogens with zero attached hydrogens (tertiary/aromatic N) is 2. The smallest absolute Gasteiger partial charge is 0.463 e. The van der Waals surface area contributed by atoms with Gasteiger partial charge < -0.3 is 18.8 Å². The predicted octanol–water partition coefficient (Wildman–Crippen LogP) is 3.97. The van der Waals surface area contributed by atoms with Crippen molar-refractivity contribution < 1.29 is 36.7 Å². The summed E-state index contributed by atoms with van der Waals surface area (Å²) < 4.78 is 51.1. The number of amides is 1. The van der Waals surface area contributed by atoms with Crippen molar-refractivity contribution in [2.24, 2.45) is 0 Å². The fraction of sp³-hybridized carbons (Fsp3) is 0.400. The van der Waals surface area contributed by atoms with Crippen molar-refractivity contribution in [2.45, 2.75) is 19.3 Å². The number of furan rings is 1. The molecule has 3 rings (SSSR count). The van der Waals surface area contributed by atoms with Crippen molar-refractivity contribution in [1.29, 1.82) is 0 Å². The average molecular weight is 461 g/mol.